The molecule has 6 nitrogen and oxygen atoms in total. The Morgan fingerprint density at radius 2 is 2.00 bits per heavy atom. The number of carbonyl (C=O) groups excluding carboxylic acids is 1. The van der Waals surface area contributed by atoms with E-state index in [4.69, 9.17) is 9.84 Å². The van der Waals surface area contributed by atoms with E-state index < -0.39 is 28.7 Å². The smallest absolute Gasteiger partial charge is 0.335 e. The lowest BCUT2D eigenvalue weighted by molar-refractivity contribution is -0.175. The molecule has 0 saturated carbocycles. The second kappa shape index (κ2) is 4.18. The van der Waals surface area contributed by atoms with Crippen molar-refractivity contribution in [2.75, 3.05) is 0 Å². The van der Waals surface area contributed by atoms with Crippen molar-refractivity contribution in [3.8, 4) is 0 Å². The fourth-order valence-corrected chi connectivity index (χ4v) is 3.00. The minimum Gasteiger partial charge on any atom is -0.479 e. The second-order valence-electron chi connectivity index (χ2n) is 6.68. The molecule has 2 aliphatic heterocycles. The number of aliphatic hydroxyl groups is 1. The van der Waals surface area contributed by atoms with Crippen LogP contribution >= 0.6 is 0 Å². The molecular formula is C13H21NO5. The van der Waals surface area contributed by atoms with Gasteiger partial charge in [-0.3, -0.25) is 10.1 Å². The van der Waals surface area contributed by atoms with Crippen molar-refractivity contribution in [3.63, 3.8) is 0 Å². The van der Waals surface area contributed by atoms with Crippen LogP contribution in [0.3, 0.4) is 0 Å². The second-order valence-corrected chi connectivity index (χ2v) is 6.68. The molecule has 19 heavy (non-hydrogen) atoms. The van der Waals surface area contributed by atoms with Crippen molar-refractivity contribution in [1.29, 1.82) is 0 Å². The van der Waals surface area contributed by atoms with Crippen LogP contribution in [0.1, 0.15) is 46.5 Å². The lowest BCUT2D eigenvalue weighted by atomic mass is 9.79. The number of carboxylic acids is 1. The summed E-state index contributed by atoms with van der Waals surface area (Å²) in [6, 6.07) is -0.151. The van der Waals surface area contributed by atoms with Gasteiger partial charge in [0.05, 0.1) is 0 Å². The Hall–Kier alpha value is -1.14. The van der Waals surface area contributed by atoms with Gasteiger partial charge in [-0.05, 0) is 33.6 Å². The van der Waals surface area contributed by atoms with Crippen LogP contribution in [0.5, 0.6) is 0 Å². The number of nitrogens with one attached hydrogen (secondary N) is 1. The molecule has 2 rings (SSSR count). The van der Waals surface area contributed by atoms with Crippen LogP contribution in [-0.2, 0) is 14.3 Å². The molecule has 6 heteroatoms. The molecule has 0 aliphatic carbocycles. The summed E-state index contributed by atoms with van der Waals surface area (Å²) in [6.45, 7) is 5.29. The zero-order valence-electron chi connectivity index (χ0n) is 11.5. The SMILES string of the molecule is CC(C)(C)OC(=O)C12CCC(CC(O)(C(=O)O)C1)N2. The Morgan fingerprint density at radius 1 is 1.37 bits per heavy atom. The van der Waals surface area contributed by atoms with Gasteiger partial charge in [-0.1, -0.05) is 0 Å². The summed E-state index contributed by atoms with van der Waals surface area (Å²) >= 11 is 0. The Morgan fingerprint density at radius 3 is 2.53 bits per heavy atom. The first-order chi connectivity index (χ1) is 8.56. The number of rotatable bonds is 2. The number of carboxylic acid groups (broad SMARTS) is 1. The van der Waals surface area contributed by atoms with Crippen molar-refractivity contribution >= 4 is 11.9 Å². The highest BCUT2D eigenvalue weighted by Crippen LogP contribution is 2.42. The van der Waals surface area contributed by atoms with E-state index >= 15 is 0 Å². The third-order valence-corrected chi connectivity index (χ3v) is 3.77. The summed E-state index contributed by atoms with van der Waals surface area (Å²) in [5, 5.41) is 22.5. The lowest BCUT2D eigenvalue weighted by Gasteiger charge is -2.41. The molecule has 108 valence electrons. The molecule has 2 aliphatic rings. The van der Waals surface area contributed by atoms with E-state index in [1.807, 2.05) is 0 Å². The van der Waals surface area contributed by atoms with Gasteiger partial charge in [0.2, 0.25) is 0 Å². The first-order valence-corrected chi connectivity index (χ1v) is 6.53. The largest absolute Gasteiger partial charge is 0.479 e. The Labute approximate surface area is 112 Å². The molecule has 3 N–H and O–H groups in total. The number of carbonyl (C=O) groups is 2. The van der Waals surface area contributed by atoms with E-state index in [-0.39, 0.29) is 18.9 Å². The predicted octanol–water partition coefficient (Wildman–Crippen LogP) is 0.428. The van der Waals surface area contributed by atoms with Gasteiger partial charge < -0.3 is 14.9 Å². The van der Waals surface area contributed by atoms with Gasteiger partial charge in [0.1, 0.15) is 11.1 Å². The highest BCUT2D eigenvalue weighted by Gasteiger charge is 2.59. The molecule has 3 atom stereocenters. The maximum atomic E-state index is 12.3. The predicted molar refractivity (Wildman–Crippen MR) is 66.6 cm³/mol. The summed E-state index contributed by atoms with van der Waals surface area (Å²) in [6.07, 6.45) is 1.17. The number of hydrogen-bond donors (Lipinski definition) is 3. The van der Waals surface area contributed by atoms with Crippen LogP contribution in [0.4, 0.5) is 0 Å². The molecule has 0 aromatic rings. The molecule has 2 fully saturated rings. The molecule has 0 spiro atoms. The van der Waals surface area contributed by atoms with Gasteiger partial charge >= 0.3 is 11.9 Å². The summed E-state index contributed by atoms with van der Waals surface area (Å²) < 4.78 is 5.37. The first-order valence-electron chi connectivity index (χ1n) is 6.53. The number of fused-ring (bicyclic) bond motifs is 2. The Bertz CT molecular complexity index is 416. The van der Waals surface area contributed by atoms with Crippen LogP contribution in [0, 0.1) is 0 Å². The number of ether oxygens (including phenoxy) is 1. The lowest BCUT2D eigenvalue weighted by Crippen LogP contribution is -2.63. The summed E-state index contributed by atoms with van der Waals surface area (Å²) in [5.41, 5.74) is -3.54. The number of aliphatic carboxylic acids is 1. The third kappa shape index (κ3) is 2.60. The van der Waals surface area contributed by atoms with Crippen molar-refractivity contribution in [1.82, 2.24) is 5.32 Å². The highest BCUT2D eigenvalue weighted by atomic mass is 16.6. The van der Waals surface area contributed by atoms with Gasteiger partial charge in [-0.25, -0.2) is 4.79 Å². The average molecular weight is 271 g/mol. The van der Waals surface area contributed by atoms with Gasteiger partial charge in [-0.2, -0.15) is 0 Å². The average Bonchev–Trinajstić information content (AvgIpc) is 2.53. The molecule has 0 aromatic heterocycles. The van der Waals surface area contributed by atoms with Gasteiger partial charge in [0.15, 0.2) is 5.60 Å². The van der Waals surface area contributed by atoms with E-state index in [1.54, 1.807) is 20.8 Å². The Balaban J connectivity index is 2.23. The zero-order chi connectivity index (χ0) is 14.5. The molecule has 2 bridgehead atoms. The van der Waals surface area contributed by atoms with Crippen LogP contribution < -0.4 is 5.32 Å². The van der Waals surface area contributed by atoms with Crippen LogP contribution in [0.2, 0.25) is 0 Å². The molecule has 2 saturated heterocycles. The molecule has 0 radical (unpaired) electrons. The summed E-state index contributed by atoms with van der Waals surface area (Å²) in [5.74, 6) is -1.74. The molecule has 2 heterocycles. The topological polar surface area (TPSA) is 95.9 Å². The minimum absolute atomic E-state index is 0.132. The van der Waals surface area contributed by atoms with Gasteiger partial charge in [0.25, 0.3) is 0 Å². The van der Waals surface area contributed by atoms with Crippen molar-refractivity contribution in [2.45, 2.75) is 69.2 Å². The van der Waals surface area contributed by atoms with E-state index in [2.05, 4.69) is 5.32 Å². The van der Waals surface area contributed by atoms with E-state index in [1.165, 1.54) is 0 Å². The summed E-state index contributed by atoms with van der Waals surface area (Å²) in [4.78, 5) is 23.5. The number of hydrogen-bond acceptors (Lipinski definition) is 5. The Kier molecular flexibility index (Phi) is 3.14. The maximum absolute atomic E-state index is 12.3. The fourth-order valence-electron chi connectivity index (χ4n) is 3.00. The number of esters is 1. The van der Waals surface area contributed by atoms with Crippen LogP contribution in [0.15, 0.2) is 0 Å². The normalized spacial score (nSPS) is 38.0. The molecule has 0 amide bonds. The zero-order valence-corrected chi connectivity index (χ0v) is 11.5. The van der Waals surface area contributed by atoms with Crippen molar-refractivity contribution in [3.05, 3.63) is 0 Å². The van der Waals surface area contributed by atoms with E-state index in [0.29, 0.717) is 12.8 Å². The highest BCUT2D eigenvalue weighted by molar-refractivity contribution is 5.86. The molecule has 0 aromatic carbocycles. The third-order valence-electron chi connectivity index (χ3n) is 3.77. The summed E-state index contributed by atoms with van der Waals surface area (Å²) in [7, 11) is 0. The first kappa shape index (κ1) is 14.3. The van der Waals surface area contributed by atoms with Crippen LogP contribution in [0.25, 0.3) is 0 Å². The fraction of sp³-hybridized carbons (Fsp3) is 0.846. The minimum atomic E-state index is -1.84. The van der Waals surface area contributed by atoms with Crippen molar-refractivity contribution < 1.29 is 24.5 Å². The van der Waals surface area contributed by atoms with E-state index in [0.717, 1.165) is 0 Å². The monoisotopic (exact) mass is 271 g/mol. The number of piperidine rings is 1. The molecular weight excluding hydrogens is 250 g/mol. The molecule has 3 unspecified atom stereocenters. The van der Waals surface area contributed by atoms with E-state index in [9.17, 15) is 14.7 Å². The van der Waals surface area contributed by atoms with Gasteiger partial charge in [-0.15, -0.1) is 0 Å². The van der Waals surface area contributed by atoms with Gasteiger partial charge in [0, 0.05) is 18.9 Å². The standard InChI is InChI=1S/C13H21NO5/c1-11(2,3)19-10(17)12-5-4-8(14-12)6-13(18,7-12)9(15)16/h8,14,18H,4-7H2,1-3H3,(H,15,16). The van der Waals surface area contributed by atoms with Crippen molar-refractivity contribution in [2.24, 2.45) is 0 Å². The quantitative estimate of drug-likeness (QED) is 0.630. The maximum Gasteiger partial charge on any atom is 0.335 e. The van der Waals surface area contributed by atoms with Crippen LogP contribution in [-0.4, -0.2) is 44.9 Å².